The first kappa shape index (κ1) is 18.1. The molecular formula is C21H17N2OPS. The standard InChI is InChI=1S/C21H17N2OPS/c22-15-17-11-13-18(14-12-17)16-23-21(26)25(24,19-7-3-1-4-8-19)20-9-5-2-6-10-20/h1-14H,16H2,(H,23,26). The van der Waals surface area contributed by atoms with Gasteiger partial charge in [0.25, 0.3) is 0 Å². The number of hydrogen-bond acceptors (Lipinski definition) is 3. The minimum Gasteiger partial charge on any atom is -0.369 e. The van der Waals surface area contributed by atoms with Crippen molar-refractivity contribution in [3.8, 4) is 6.07 Å². The third kappa shape index (κ3) is 3.75. The van der Waals surface area contributed by atoms with E-state index in [0.29, 0.717) is 27.4 Å². The lowest BCUT2D eigenvalue weighted by molar-refractivity contribution is 0.593. The second-order valence-electron chi connectivity index (χ2n) is 5.75. The van der Waals surface area contributed by atoms with E-state index in [4.69, 9.17) is 17.5 Å². The van der Waals surface area contributed by atoms with Gasteiger partial charge in [-0.05, 0) is 17.7 Å². The van der Waals surface area contributed by atoms with Crippen LogP contribution in [0.1, 0.15) is 11.1 Å². The Morgan fingerprint density at radius 1 is 0.885 bits per heavy atom. The van der Waals surface area contributed by atoms with E-state index in [2.05, 4.69) is 11.4 Å². The van der Waals surface area contributed by atoms with Gasteiger partial charge in [0, 0.05) is 17.2 Å². The van der Waals surface area contributed by atoms with Crippen molar-refractivity contribution >= 4 is 34.7 Å². The Morgan fingerprint density at radius 3 is 1.85 bits per heavy atom. The van der Waals surface area contributed by atoms with Crippen molar-refractivity contribution in [2.75, 3.05) is 0 Å². The van der Waals surface area contributed by atoms with Crippen LogP contribution in [0.15, 0.2) is 84.9 Å². The summed E-state index contributed by atoms with van der Waals surface area (Å²) < 4.78 is 14.3. The lowest BCUT2D eigenvalue weighted by Gasteiger charge is -2.21. The molecule has 0 bridgehead atoms. The molecule has 0 atom stereocenters. The summed E-state index contributed by atoms with van der Waals surface area (Å²) in [6.45, 7) is 0.453. The van der Waals surface area contributed by atoms with Crippen molar-refractivity contribution in [1.82, 2.24) is 5.32 Å². The van der Waals surface area contributed by atoms with Crippen LogP contribution in [0.3, 0.4) is 0 Å². The highest BCUT2D eigenvalue weighted by Crippen LogP contribution is 2.44. The summed E-state index contributed by atoms with van der Waals surface area (Å²) in [7, 11) is -3.10. The molecule has 0 unspecified atom stereocenters. The SMILES string of the molecule is N#Cc1ccc(CNC(=S)P(=O)(c2ccccc2)c2ccccc2)cc1. The summed E-state index contributed by atoms with van der Waals surface area (Å²) in [5.41, 5.74) is 1.58. The Bertz CT molecular complexity index is 937. The van der Waals surface area contributed by atoms with Crippen molar-refractivity contribution < 1.29 is 4.57 Å². The molecule has 3 aromatic rings. The smallest absolute Gasteiger partial charge is 0.196 e. The first-order valence-electron chi connectivity index (χ1n) is 8.13. The summed E-state index contributed by atoms with van der Waals surface area (Å²) in [6, 6.07) is 28.0. The molecule has 0 fully saturated rings. The van der Waals surface area contributed by atoms with Gasteiger partial charge < -0.3 is 9.88 Å². The predicted octanol–water partition coefficient (Wildman–Crippen LogP) is 3.95. The van der Waals surface area contributed by atoms with E-state index in [0.717, 1.165) is 5.56 Å². The first-order valence-corrected chi connectivity index (χ1v) is 10.2. The molecule has 0 saturated heterocycles. The van der Waals surface area contributed by atoms with Gasteiger partial charge in [-0.1, -0.05) is 85.0 Å². The lowest BCUT2D eigenvalue weighted by Crippen LogP contribution is -2.30. The van der Waals surface area contributed by atoms with E-state index in [-0.39, 0.29) is 0 Å². The van der Waals surface area contributed by atoms with Crippen LogP contribution < -0.4 is 15.9 Å². The minimum absolute atomic E-state index is 0.333. The molecular weight excluding hydrogens is 359 g/mol. The monoisotopic (exact) mass is 376 g/mol. The molecule has 26 heavy (non-hydrogen) atoms. The molecule has 0 aliphatic heterocycles. The molecule has 0 aliphatic rings. The molecule has 0 saturated carbocycles. The highest BCUT2D eigenvalue weighted by molar-refractivity contribution is 8.07. The summed E-state index contributed by atoms with van der Waals surface area (Å²) in [4.78, 5) is 0. The Morgan fingerprint density at radius 2 is 1.38 bits per heavy atom. The Labute approximate surface area is 158 Å². The number of benzene rings is 3. The van der Waals surface area contributed by atoms with Crippen molar-refractivity contribution in [1.29, 1.82) is 5.26 Å². The zero-order chi connectivity index (χ0) is 18.4. The normalized spacial score (nSPS) is 10.7. The molecule has 1 N–H and O–H groups in total. The number of thiocarbonyl (C=S) groups is 1. The maximum atomic E-state index is 14.0. The molecule has 0 aromatic heterocycles. The highest BCUT2D eigenvalue weighted by Gasteiger charge is 2.32. The number of nitriles is 1. The highest BCUT2D eigenvalue weighted by atomic mass is 32.1. The van der Waals surface area contributed by atoms with Crippen molar-refractivity contribution in [3.05, 3.63) is 96.1 Å². The van der Waals surface area contributed by atoms with Crippen LogP contribution in [0.4, 0.5) is 0 Å². The fourth-order valence-electron chi connectivity index (χ4n) is 2.65. The fourth-order valence-corrected chi connectivity index (χ4v) is 5.60. The van der Waals surface area contributed by atoms with Crippen LogP contribution >= 0.6 is 19.4 Å². The molecule has 0 heterocycles. The molecule has 3 aromatic carbocycles. The van der Waals surface area contributed by atoms with Gasteiger partial charge >= 0.3 is 0 Å². The Kier molecular flexibility index (Phi) is 5.63. The van der Waals surface area contributed by atoms with E-state index in [1.807, 2.05) is 72.8 Å². The van der Waals surface area contributed by atoms with Gasteiger partial charge in [0.1, 0.15) is 4.73 Å². The van der Waals surface area contributed by atoms with Crippen LogP contribution in [0.25, 0.3) is 0 Å². The number of hydrogen-bond donors (Lipinski definition) is 1. The van der Waals surface area contributed by atoms with Gasteiger partial charge in [0.15, 0.2) is 7.14 Å². The van der Waals surface area contributed by atoms with Gasteiger partial charge in [0.2, 0.25) is 0 Å². The van der Waals surface area contributed by atoms with E-state index < -0.39 is 7.14 Å². The van der Waals surface area contributed by atoms with Crippen molar-refractivity contribution in [3.63, 3.8) is 0 Å². The largest absolute Gasteiger partial charge is 0.369 e. The van der Waals surface area contributed by atoms with Gasteiger partial charge in [-0.25, -0.2) is 0 Å². The van der Waals surface area contributed by atoms with Crippen molar-refractivity contribution in [2.45, 2.75) is 6.54 Å². The average Bonchev–Trinajstić information content (AvgIpc) is 2.73. The zero-order valence-corrected chi connectivity index (χ0v) is 15.7. The topological polar surface area (TPSA) is 52.9 Å². The number of nitrogens with one attached hydrogen (secondary N) is 1. The van der Waals surface area contributed by atoms with Crippen LogP contribution in [-0.2, 0) is 11.1 Å². The summed E-state index contributed by atoms with van der Waals surface area (Å²) >= 11 is 5.57. The summed E-state index contributed by atoms with van der Waals surface area (Å²) in [5, 5.41) is 13.5. The maximum Gasteiger partial charge on any atom is 0.196 e. The molecule has 0 amide bonds. The van der Waals surface area contributed by atoms with E-state index in [1.165, 1.54) is 0 Å². The van der Waals surface area contributed by atoms with Crippen LogP contribution in [0.5, 0.6) is 0 Å². The Hall–Kier alpha value is -2.73. The third-order valence-electron chi connectivity index (χ3n) is 4.05. The molecule has 5 heteroatoms. The van der Waals surface area contributed by atoms with Gasteiger partial charge in [-0.2, -0.15) is 5.26 Å². The van der Waals surface area contributed by atoms with Crippen LogP contribution in [-0.4, -0.2) is 4.73 Å². The third-order valence-corrected chi connectivity index (χ3v) is 7.75. The number of nitrogens with zero attached hydrogens (tertiary/aromatic N) is 1. The predicted molar refractivity (Wildman–Crippen MR) is 110 cm³/mol. The molecule has 0 spiro atoms. The zero-order valence-electron chi connectivity index (χ0n) is 14.0. The molecule has 0 aliphatic carbocycles. The second-order valence-corrected chi connectivity index (χ2v) is 9.16. The molecule has 128 valence electrons. The average molecular weight is 376 g/mol. The molecule has 3 rings (SSSR count). The van der Waals surface area contributed by atoms with Crippen molar-refractivity contribution in [2.24, 2.45) is 0 Å². The van der Waals surface area contributed by atoms with E-state index >= 15 is 0 Å². The summed E-state index contributed by atoms with van der Waals surface area (Å²) in [5.74, 6) is 0. The van der Waals surface area contributed by atoms with E-state index in [9.17, 15) is 4.57 Å². The lowest BCUT2D eigenvalue weighted by atomic mass is 10.1. The van der Waals surface area contributed by atoms with E-state index in [1.54, 1.807) is 12.1 Å². The first-order chi connectivity index (χ1) is 12.6. The van der Waals surface area contributed by atoms with Gasteiger partial charge in [0.05, 0.1) is 11.6 Å². The second kappa shape index (κ2) is 8.10. The quantitative estimate of drug-likeness (QED) is 0.541. The molecule has 0 radical (unpaired) electrons. The van der Waals surface area contributed by atoms with Crippen LogP contribution in [0.2, 0.25) is 0 Å². The summed E-state index contributed by atoms with van der Waals surface area (Å²) in [6.07, 6.45) is 0. The fraction of sp³-hybridized carbons (Fsp3) is 0.0476. The molecule has 3 nitrogen and oxygen atoms in total. The van der Waals surface area contributed by atoms with Gasteiger partial charge in [-0.3, -0.25) is 0 Å². The number of rotatable bonds is 5. The van der Waals surface area contributed by atoms with Gasteiger partial charge in [-0.15, -0.1) is 0 Å². The maximum absolute atomic E-state index is 14.0. The van der Waals surface area contributed by atoms with Crippen LogP contribution in [0, 0.1) is 11.3 Å². The minimum atomic E-state index is -3.10. The Balaban J connectivity index is 1.88.